The zero-order valence-electron chi connectivity index (χ0n) is 12.8. The molecule has 1 aromatic rings. The quantitative estimate of drug-likeness (QED) is 0.873. The number of likely N-dealkylation sites (tertiary alicyclic amines) is 1. The van der Waals surface area contributed by atoms with Crippen LogP contribution in [0.5, 0.6) is 0 Å². The summed E-state index contributed by atoms with van der Waals surface area (Å²) < 4.78 is 0. The maximum atomic E-state index is 12.3. The van der Waals surface area contributed by atoms with Crippen LogP contribution in [0.3, 0.4) is 0 Å². The predicted octanol–water partition coefficient (Wildman–Crippen LogP) is 1.02. The molecule has 1 unspecified atom stereocenters. The van der Waals surface area contributed by atoms with Gasteiger partial charge in [-0.05, 0) is 37.3 Å². The molecule has 22 heavy (non-hydrogen) atoms. The lowest BCUT2D eigenvalue weighted by Crippen LogP contribution is -2.42. The first-order valence-corrected chi connectivity index (χ1v) is 8.09. The molecule has 2 atom stereocenters. The summed E-state index contributed by atoms with van der Waals surface area (Å²) in [5.41, 5.74) is 0.679. The predicted molar refractivity (Wildman–Crippen MR) is 84.5 cm³/mol. The summed E-state index contributed by atoms with van der Waals surface area (Å²) in [7, 11) is 0. The Morgan fingerprint density at radius 2 is 1.91 bits per heavy atom. The summed E-state index contributed by atoms with van der Waals surface area (Å²) in [6.45, 7) is 3.20. The minimum atomic E-state index is -0.0725. The van der Waals surface area contributed by atoms with Crippen molar-refractivity contribution in [1.82, 2.24) is 15.5 Å². The van der Waals surface area contributed by atoms with Crippen LogP contribution in [0.2, 0.25) is 0 Å². The van der Waals surface area contributed by atoms with Crippen LogP contribution in [-0.2, 0) is 4.79 Å². The number of amides is 2. The van der Waals surface area contributed by atoms with Crippen LogP contribution < -0.4 is 10.6 Å². The minimum absolute atomic E-state index is 0.0464. The van der Waals surface area contributed by atoms with Gasteiger partial charge >= 0.3 is 0 Å². The van der Waals surface area contributed by atoms with Crippen molar-refractivity contribution in [3.05, 3.63) is 35.9 Å². The third-order valence-corrected chi connectivity index (χ3v) is 4.53. The molecule has 5 nitrogen and oxygen atoms in total. The number of nitrogens with zero attached hydrogens (tertiary/aromatic N) is 1. The van der Waals surface area contributed by atoms with Crippen LogP contribution in [0.1, 0.15) is 29.6 Å². The first-order valence-electron chi connectivity index (χ1n) is 8.09. The lowest BCUT2D eigenvalue weighted by Gasteiger charge is -2.20. The Kier molecular flexibility index (Phi) is 4.73. The van der Waals surface area contributed by atoms with E-state index in [4.69, 9.17) is 0 Å². The SMILES string of the molecule is O=C(NCC1CN[C@H](C(=O)N2CCCC2)C1)c1ccccc1. The van der Waals surface area contributed by atoms with E-state index in [-0.39, 0.29) is 17.9 Å². The van der Waals surface area contributed by atoms with Crippen molar-refractivity contribution in [3.63, 3.8) is 0 Å². The lowest BCUT2D eigenvalue weighted by atomic mass is 10.0. The van der Waals surface area contributed by atoms with Gasteiger partial charge in [-0.15, -0.1) is 0 Å². The first kappa shape index (κ1) is 15.0. The number of hydrogen-bond donors (Lipinski definition) is 2. The van der Waals surface area contributed by atoms with Gasteiger partial charge in [0.25, 0.3) is 5.91 Å². The minimum Gasteiger partial charge on any atom is -0.352 e. The molecule has 2 saturated heterocycles. The van der Waals surface area contributed by atoms with E-state index >= 15 is 0 Å². The van der Waals surface area contributed by atoms with Crippen LogP contribution in [0.4, 0.5) is 0 Å². The van der Waals surface area contributed by atoms with Gasteiger partial charge in [-0.2, -0.15) is 0 Å². The number of hydrogen-bond acceptors (Lipinski definition) is 3. The first-order chi connectivity index (χ1) is 10.7. The molecular formula is C17H23N3O2. The normalized spacial score (nSPS) is 24.5. The second-order valence-electron chi connectivity index (χ2n) is 6.17. The van der Waals surface area contributed by atoms with Gasteiger partial charge in [0.15, 0.2) is 0 Å². The van der Waals surface area contributed by atoms with Crippen molar-refractivity contribution in [1.29, 1.82) is 0 Å². The van der Waals surface area contributed by atoms with E-state index in [1.165, 1.54) is 0 Å². The summed E-state index contributed by atoms with van der Waals surface area (Å²) in [6, 6.07) is 9.15. The molecule has 1 aromatic carbocycles. The zero-order chi connectivity index (χ0) is 15.4. The third-order valence-electron chi connectivity index (χ3n) is 4.53. The van der Waals surface area contributed by atoms with Crippen LogP contribution in [0.25, 0.3) is 0 Å². The number of carbonyl (C=O) groups excluding carboxylic acids is 2. The molecule has 2 N–H and O–H groups in total. The fourth-order valence-corrected chi connectivity index (χ4v) is 3.24. The summed E-state index contributed by atoms with van der Waals surface area (Å²) in [5.74, 6) is 0.508. The average molecular weight is 301 g/mol. The molecule has 2 aliphatic rings. The highest BCUT2D eigenvalue weighted by molar-refractivity contribution is 5.94. The van der Waals surface area contributed by atoms with Crippen LogP contribution in [0.15, 0.2) is 30.3 Å². The maximum Gasteiger partial charge on any atom is 0.251 e. The van der Waals surface area contributed by atoms with E-state index in [0.29, 0.717) is 18.0 Å². The molecule has 118 valence electrons. The molecule has 0 aliphatic carbocycles. The van der Waals surface area contributed by atoms with Crippen molar-refractivity contribution in [2.75, 3.05) is 26.2 Å². The Morgan fingerprint density at radius 3 is 2.64 bits per heavy atom. The van der Waals surface area contributed by atoms with Crippen molar-refractivity contribution >= 4 is 11.8 Å². The van der Waals surface area contributed by atoms with Crippen molar-refractivity contribution in [3.8, 4) is 0 Å². The molecular weight excluding hydrogens is 278 g/mol. The smallest absolute Gasteiger partial charge is 0.251 e. The largest absolute Gasteiger partial charge is 0.352 e. The van der Waals surface area contributed by atoms with Crippen molar-refractivity contribution < 1.29 is 9.59 Å². The second-order valence-corrected chi connectivity index (χ2v) is 6.17. The number of benzene rings is 1. The Morgan fingerprint density at radius 1 is 1.18 bits per heavy atom. The maximum absolute atomic E-state index is 12.3. The summed E-state index contributed by atoms with van der Waals surface area (Å²) >= 11 is 0. The molecule has 0 saturated carbocycles. The van der Waals surface area contributed by atoms with Crippen molar-refractivity contribution in [2.45, 2.75) is 25.3 Å². The average Bonchev–Trinajstić information content (AvgIpc) is 3.24. The topological polar surface area (TPSA) is 61.4 Å². The van der Waals surface area contributed by atoms with Crippen LogP contribution in [-0.4, -0.2) is 48.9 Å². The number of carbonyl (C=O) groups is 2. The molecule has 2 fully saturated rings. The molecule has 0 radical (unpaired) electrons. The fraction of sp³-hybridized carbons (Fsp3) is 0.529. The molecule has 2 amide bonds. The number of rotatable bonds is 4. The van der Waals surface area contributed by atoms with E-state index in [1.54, 1.807) is 0 Å². The van der Waals surface area contributed by atoms with Gasteiger partial charge in [-0.3, -0.25) is 9.59 Å². The van der Waals surface area contributed by atoms with Gasteiger partial charge in [0.2, 0.25) is 5.91 Å². The van der Waals surface area contributed by atoms with Gasteiger partial charge in [0.05, 0.1) is 6.04 Å². The van der Waals surface area contributed by atoms with Crippen LogP contribution >= 0.6 is 0 Å². The Bertz CT molecular complexity index is 526. The highest BCUT2D eigenvalue weighted by Gasteiger charge is 2.33. The molecule has 0 bridgehead atoms. The highest BCUT2D eigenvalue weighted by Crippen LogP contribution is 2.18. The van der Waals surface area contributed by atoms with E-state index in [0.717, 1.165) is 38.9 Å². The summed E-state index contributed by atoms with van der Waals surface area (Å²) in [6.07, 6.45) is 3.05. The van der Waals surface area contributed by atoms with E-state index in [2.05, 4.69) is 10.6 Å². The van der Waals surface area contributed by atoms with E-state index < -0.39 is 0 Å². The standard InChI is InChI=1S/C17H23N3O2/c21-16(14-6-2-1-3-7-14)19-12-13-10-15(18-11-13)17(22)20-8-4-5-9-20/h1-3,6-7,13,15,18H,4-5,8-12H2,(H,19,21)/t13?,15-/m0/s1. The lowest BCUT2D eigenvalue weighted by molar-refractivity contribution is -0.132. The van der Waals surface area contributed by atoms with Gasteiger partial charge < -0.3 is 15.5 Å². The third kappa shape index (κ3) is 3.47. The van der Waals surface area contributed by atoms with Gasteiger partial charge in [0.1, 0.15) is 0 Å². The highest BCUT2D eigenvalue weighted by atomic mass is 16.2. The van der Waals surface area contributed by atoms with Gasteiger partial charge in [0, 0.05) is 31.7 Å². The van der Waals surface area contributed by atoms with Crippen LogP contribution in [0, 0.1) is 5.92 Å². The zero-order valence-corrected chi connectivity index (χ0v) is 12.8. The number of nitrogens with one attached hydrogen (secondary N) is 2. The van der Waals surface area contributed by atoms with Gasteiger partial charge in [-0.1, -0.05) is 18.2 Å². The molecule has 0 aromatic heterocycles. The molecule has 5 heteroatoms. The summed E-state index contributed by atoms with van der Waals surface area (Å²) in [4.78, 5) is 26.3. The Hall–Kier alpha value is -1.88. The fourth-order valence-electron chi connectivity index (χ4n) is 3.24. The molecule has 2 heterocycles. The van der Waals surface area contributed by atoms with Crippen molar-refractivity contribution in [2.24, 2.45) is 5.92 Å². The summed E-state index contributed by atoms with van der Waals surface area (Å²) in [5, 5.41) is 6.27. The monoisotopic (exact) mass is 301 g/mol. The molecule has 3 rings (SSSR count). The Balaban J connectivity index is 1.45. The second kappa shape index (κ2) is 6.92. The van der Waals surface area contributed by atoms with E-state index in [1.807, 2.05) is 35.2 Å². The van der Waals surface area contributed by atoms with E-state index in [9.17, 15) is 9.59 Å². The Labute approximate surface area is 131 Å². The molecule has 2 aliphatic heterocycles. The van der Waals surface area contributed by atoms with Gasteiger partial charge in [-0.25, -0.2) is 0 Å². The molecule has 0 spiro atoms.